The monoisotopic (exact) mass is 319 g/mol. The van der Waals surface area contributed by atoms with Crippen LogP contribution in [0.4, 0.5) is 0 Å². The Morgan fingerprint density at radius 1 is 1.41 bits per heavy atom. The van der Waals surface area contributed by atoms with Crippen molar-refractivity contribution in [2.45, 2.75) is 6.92 Å². The smallest absolute Gasteiger partial charge is 0.252 e. The molecule has 94 valence electrons. The highest BCUT2D eigenvalue weighted by molar-refractivity contribution is 9.10. The van der Waals surface area contributed by atoms with Crippen LogP contribution >= 0.6 is 15.9 Å². The van der Waals surface area contributed by atoms with Crippen molar-refractivity contribution < 1.29 is 13.2 Å². The first-order valence-corrected chi connectivity index (χ1v) is 7.87. The molecule has 6 heteroatoms. The molecular weight excluding hydrogens is 306 g/mol. The largest absolute Gasteiger partial charge is 0.351 e. The van der Waals surface area contributed by atoms with Crippen molar-refractivity contribution in [2.75, 3.05) is 18.6 Å². The van der Waals surface area contributed by atoms with Gasteiger partial charge in [-0.2, -0.15) is 0 Å². The van der Waals surface area contributed by atoms with Gasteiger partial charge in [-0.1, -0.05) is 6.07 Å². The van der Waals surface area contributed by atoms with Crippen molar-refractivity contribution in [1.29, 1.82) is 0 Å². The number of benzene rings is 1. The van der Waals surface area contributed by atoms with Gasteiger partial charge in [0.15, 0.2) is 0 Å². The fraction of sp³-hybridized carbons (Fsp3) is 0.364. The van der Waals surface area contributed by atoms with Crippen LogP contribution in [-0.2, 0) is 9.84 Å². The first kappa shape index (κ1) is 14.2. The lowest BCUT2D eigenvalue weighted by Gasteiger charge is -2.06. The molecule has 0 aromatic heterocycles. The predicted octanol–water partition coefficient (Wildman–Crippen LogP) is 1.53. The number of aryl methyl sites for hydroxylation is 1. The van der Waals surface area contributed by atoms with Gasteiger partial charge >= 0.3 is 0 Å². The molecule has 1 rings (SSSR count). The third kappa shape index (κ3) is 4.87. The summed E-state index contributed by atoms with van der Waals surface area (Å²) in [5.41, 5.74) is 1.55. The van der Waals surface area contributed by atoms with Crippen molar-refractivity contribution in [3.8, 4) is 0 Å². The van der Waals surface area contributed by atoms with Crippen LogP contribution in [0.1, 0.15) is 15.9 Å². The second-order valence-corrected chi connectivity index (χ2v) is 6.98. The minimum absolute atomic E-state index is 0.0534. The van der Waals surface area contributed by atoms with Crippen LogP contribution in [0.15, 0.2) is 22.7 Å². The first-order valence-electron chi connectivity index (χ1n) is 5.01. The zero-order valence-corrected chi connectivity index (χ0v) is 12.1. The minimum atomic E-state index is -3.05. The summed E-state index contributed by atoms with van der Waals surface area (Å²) in [6.07, 6.45) is 1.14. The topological polar surface area (TPSA) is 63.2 Å². The Balaban J connectivity index is 2.65. The van der Waals surface area contributed by atoms with E-state index in [1.165, 1.54) is 0 Å². The van der Waals surface area contributed by atoms with Crippen LogP contribution in [0.3, 0.4) is 0 Å². The molecule has 0 saturated heterocycles. The molecule has 0 atom stereocenters. The molecule has 0 bridgehead atoms. The number of carbonyl (C=O) groups excluding carboxylic acids is 1. The molecule has 0 unspecified atom stereocenters. The van der Waals surface area contributed by atoms with E-state index in [4.69, 9.17) is 0 Å². The second-order valence-electron chi connectivity index (χ2n) is 3.87. The van der Waals surface area contributed by atoms with E-state index in [9.17, 15) is 13.2 Å². The summed E-state index contributed by atoms with van der Waals surface area (Å²) in [6.45, 7) is 2.05. The van der Waals surface area contributed by atoms with Crippen molar-refractivity contribution in [1.82, 2.24) is 5.32 Å². The van der Waals surface area contributed by atoms with Crippen LogP contribution in [0.2, 0.25) is 0 Å². The van der Waals surface area contributed by atoms with Crippen LogP contribution in [0.25, 0.3) is 0 Å². The lowest BCUT2D eigenvalue weighted by Crippen LogP contribution is -2.29. The maximum Gasteiger partial charge on any atom is 0.252 e. The summed E-state index contributed by atoms with van der Waals surface area (Å²) in [4.78, 5) is 11.7. The Morgan fingerprint density at radius 2 is 2.06 bits per heavy atom. The summed E-state index contributed by atoms with van der Waals surface area (Å²) in [7, 11) is -3.05. The van der Waals surface area contributed by atoms with Gasteiger partial charge in [-0.25, -0.2) is 8.42 Å². The lowest BCUT2D eigenvalue weighted by atomic mass is 10.1. The molecule has 1 amide bonds. The van der Waals surface area contributed by atoms with Gasteiger partial charge in [0.25, 0.3) is 5.91 Å². The first-order chi connectivity index (χ1) is 7.79. The summed E-state index contributed by atoms with van der Waals surface area (Å²) in [5, 5.41) is 2.57. The van der Waals surface area contributed by atoms with Crippen molar-refractivity contribution in [3.05, 3.63) is 33.8 Å². The molecule has 0 heterocycles. The molecule has 0 spiro atoms. The van der Waals surface area contributed by atoms with E-state index in [0.29, 0.717) is 10.0 Å². The molecule has 1 N–H and O–H groups in total. The van der Waals surface area contributed by atoms with Gasteiger partial charge in [-0.15, -0.1) is 0 Å². The normalized spacial score (nSPS) is 11.2. The number of rotatable bonds is 4. The van der Waals surface area contributed by atoms with Crippen molar-refractivity contribution in [2.24, 2.45) is 0 Å². The van der Waals surface area contributed by atoms with E-state index < -0.39 is 9.84 Å². The van der Waals surface area contributed by atoms with Crippen LogP contribution in [-0.4, -0.2) is 32.9 Å². The fourth-order valence-electron chi connectivity index (χ4n) is 1.25. The average Bonchev–Trinajstić information content (AvgIpc) is 2.15. The molecular formula is C11H14BrNO3S. The molecule has 4 nitrogen and oxygen atoms in total. The summed E-state index contributed by atoms with van der Waals surface area (Å²) in [5.74, 6) is -0.331. The third-order valence-corrected chi connectivity index (χ3v) is 3.73. The number of sulfone groups is 1. The average molecular weight is 320 g/mol. The highest BCUT2D eigenvalue weighted by Gasteiger charge is 2.10. The zero-order chi connectivity index (χ0) is 13.1. The van der Waals surface area contributed by atoms with E-state index in [0.717, 1.165) is 11.8 Å². The molecule has 0 aliphatic heterocycles. The third-order valence-electron chi connectivity index (χ3n) is 2.13. The number of hydrogen-bond donors (Lipinski definition) is 1. The molecule has 1 aromatic rings. The predicted molar refractivity (Wildman–Crippen MR) is 70.9 cm³/mol. The maximum atomic E-state index is 11.7. The second kappa shape index (κ2) is 5.64. The van der Waals surface area contributed by atoms with E-state index in [2.05, 4.69) is 21.2 Å². The number of hydrogen-bond acceptors (Lipinski definition) is 3. The Kier molecular flexibility index (Phi) is 4.70. The fourth-order valence-corrected chi connectivity index (χ4v) is 2.40. The van der Waals surface area contributed by atoms with Crippen molar-refractivity contribution >= 4 is 31.7 Å². The number of amides is 1. The van der Waals surface area contributed by atoms with Gasteiger partial charge < -0.3 is 5.32 Å². The van der Waals surface area contributed by atoms with Gasteiger partial charge in [0.05, 0.1) is 11.3 Å². The van der Waals surface area contributed by atoms with Gasteiger partial charge in [-0.05, 0) is 40.5 Å². The summed E-state index contributed by atoms with van der Waals surface area (Å²) >= 11 is 3.30. The van der Waals surface area contributed by atoms with Crippen molar-refractivity contribution in [3.63, 3.8) is 0 Å². The Morgan fingerprint density at radius 3 is 2.59 bits per heavy atom. The SMILES string of the molecule is Cc1ccc(C(=O)NCCS(C)(=O)=O)c(Br)c1. The molecule has 17 heavy (non-hydrogen) atoms. The van der Waals surface area contributed by atoms with Gasteiger partial charge in [0.2, 0.25) is 0 Å². The number of nitrogens with one attached hydrogen (secondary N) is 1. The lowest BCUT2D eigenvalue weighted by molar-refractivity contribution is 0.0955. The molecule has 0 saturated carbocycles. The van der Waals surface area contributed by atoms with E-state index in [-0.39, 0.29) is 18.2 Å². The van der Waals surface area contributed by atoms with E-state index in [1.807, 2.05) is 19.1 Å². The van der Waals surface area contributed by atoms with Crippen LogP contribution in [0.5, 0.6) is 0 Å². The Labute approximate surface area is 109 Å². The van der Waals surface area contributed by atoms with Gasteiger partial charge in [0.1, 0.15) is 9.84 Å². The van der Waals surface area contributed by atoms with Gasteiger partial charge in [0, 0.05) is 17.3 Å². The molecule has 0 aliphatic carbocycles. The molecule has 0 radical (unpaired) electrons. The summed E-state index contributed by atoms with van der Waals surface area (Å²) in [6, 6.07) is 5.37. The van der Waals surface area contributed by atoms with Crippen LogP contribution < -0.4 is 5.32 Å². The standard InChI is InChI=1S/C11H14BrNO3S/c1-8-3-4-9(10(12)7-8)11(14)13-5-6-17(2,15)16/h3-4,7H,5-6H2,1-2H3,(H,13,14). The maximum absolute atomic E-state index is 11.7. The van der Waals surface area contributed by atoms with E-state index >= 15 is 0 Å². The minimum Gasteiger partial charge on any atom is -0.351 e. The molecule has 0 aliphatic rings. The summed E-state index contributed by atoms with van der Waals surface area (Å²) < 4.78 is 22.5. The molecule has 1 aromatic carbocycles. The number of halogens is 1. The number of carbonyl (C=O) groups is 1. The van der Waals surface area contributed by atoms with E-state index in [1.54, 1.807) is 6.07 Å². The quantitative estimate of drug-likeness (QED) is 0.915. The van der Waals surface area contributed by atoms with Crippen LogP contribution in [0, 0.1) is 6.92 Å². The zero-order valence-electron chi connectivity index (χ0n) is 9.66. The molecule has 0 fully saturated rings. The van der Waals surface area contributed by atoms with Gasteiger partial charge in [-0.3, -0.25) is 4.79 Å². The highest BCUT2D eigenvalue weighted by Crippen LogP contribution is 2.17. The Bertz CT molecular complexity index is 526. The highest BCUT2D eigenvalue weighted by atomic mass is 79.9. The Hall–Kier alpha value is -0.880.